The lowest BCUT2D eigenvalue weighted by molar-refractivity contribution is 0.0503. The van der Waals surface area contributed by atoms with Gasteiger partial charge in [-0.25, -0.2) is 4.79 Å². The van der Waals surface area contributed by atoms with E-state index in [2.05, 4.69) is 16.7 Å². The molecule has 0 amide bonds. The van der Waals surface area contributed by atoms with E-state index >= 15 is 0 Å². The Morgan fingerprint density at radius 3 is 2.07 bits per heavy atom. The highest BCUT2D eigenvalue weighted by atomic mass is 35.5. The molecule has 0 bridgehead atoms. The van der Waals surface area contributed by atoms with Gasteiger partial charge in [0, 0.05) is 24.7 Å². The molecular formula is C9H18ClNO3. The highest BCUT2D eigenvalue weighted by Crippen LogP contribution is 1.92. The lowest BCUT2D eigenvalue weighted by Gasteiger charge is -2.21. The van der Waals surface area contributed by atoms with Crippen LogP contribution in [0.25, 0.3) is 0 Å². The van der Waals surface area contributed by atoms with Crippen molar-refractivity contribution < 1.29 is 14.3 Å². The largest absolute Gasteiger partial charge is 0.451 e. The molecule has 1 aliphatic rings. The highest BCUT2D eigenvalue weighted by Gasteiger charge is 2.02. The Bertz CT molecular complexity index is 158. The fourth-order valence-electron chi connectivity index (χ4n) is 0.840. The number of rotatable bonds is 1. The number of likely N-dealkylation sites (N-methyl/N-ethyl adjacent to an activating group) is 1. The van der Waals surface area contributed by atoms with E-state index in [1.54, 1.807) is 13.8 Å². The predicted molar refractivity (Wildman–Crippen MR) is 55.8 cm³/mol. The first-order valence-electron chi connectivity index (χ1n) is 4.64. The molecule has 0 aromatic rings. The Balaban J connectivity index is 0.000000241. The lowest BCUT2D eigenvalue weighted by Crippen LogP contribution is -2.32. The molecule has 0 radical (unpaired) electrons. The lowest BCUT2D eigenvalue weighted by atomic mass is 10.5. The van der Waals surface area contributed by atoms with Gasteiger partial charge in [0.15, 0.2) is 0 Å². The Morgan fingerprint density at radius 1 is 1.43 bits per heavy atom. The molecule has 4 nitrogen and oxygen atoms in total. The molecular weight excluding hydrogens is 206 g/mol. The van der Waals surface area contributed by atoms with Crippen LogP contribution in [0.1, 0.15) is 13.8 Å². The molecule has 5 heteroatoms. The van der Waals surface area contributed by atoms with E-state index in [1.165, 1.54) is 0 Å². The number of carbonyl (C=O) groups excluding carboxylic acids is 1. The Labute approximate surface area is 90.1 Å². The Morgan fingerprint density at radius 2 is 1.93 bits per heavy atom. The van der Waals surface area contributed by atoms with E-state index in [1.807, 2.05) is 0 Å². The van der Waals surface area contributed by atoms with Gasteiger partial charge in [-0.2, -0.15) is 0 Å². The summed E-state index contributed by atoms with van der Waals surface area (Å²) in [6, 6.07) is 0. The molecule has 1 heterocycles. The van der Waals surface area contributed by atoms with Crippen LogP contribution in [0.3, 0.4) is 0 Å². The summed E-state index contributed by atoms with van der Waals surface area (Å²) in [5.74, 6) is 0. The molecule has 0 aromatic carbocycles. The first-order valence-corrected chi connectivity index (χ1v) is 5.02. The Hall–Kier alpha value is -0.320. The number of halogens is 1. The van der Waals surface area contributed by atoms with Crippen LogP contribution in [0, 0.1) is 0 Å². The summed E-state index contributed by atoms with van der Waals surface area (Å²) in [5, 5.41) is 0. The quantitative estimate of drug-likeness (QED) is 0.635. The third-order valence-electron chi connectivity index (χ3n) is 1.56. The highest BCUT2D eigenvalue weighted by molar-refractivity contribution is 6.61. The molecule has 0 aliphatic carbocycles. The molecule has 0 unspecified atom stereocenters. The summed E-state index contributed by atoms with van der Waals surface area (Å²) in [7, 11) is 2.11. The molecule has 1 rings (SSSR count). The number of ether oxygens (including phenoxy) is 2. The molecule has 1 fully saturated rings. The molecule has 0 saturated carbocycles. The van der Waals surface area contributed by atoms with E-state index in [9.17, 15) is 4.79 Å². The van der Waals surface area contributed by atoms with E-state index in [0.717, 1.165) is 26.3 Å². The Kier molecular flexibility index (Phi) is 7.84. The third kappa shape index (κ3) is 9.77. The van der Waals surface area contributed by atoms with Gasteiger partial charge in [-0.15, -0.1) is 0 Å². The molecule has 1 saturated heterocycles. The van der Waals surface area contributed by atoms with Crippen molar-refractivity contribution in [2.45, 2.75) is 20.0 Å². The maximum absolute atomic E-state index is 9.80. The summed E-state index contributed by atoms with van der Waals surface area (Å²) >= 11 is 4.81. The molecule has 1 aliphatic heterocycles. The molecule has 84 valence electrons. The van der Waals surface area contributed by atoms with Crippen molar-refractivity contribution in [1.82, 2.24) is 4.90 Å². The van der Waals surface area contributed by atoms with Gasteiger partial charge in [0.25, 0.3) is 0 Å². The zero-order chi connectivity index (χ0) is 11.0. The van der Waals surface area contributed by atoms with Crippen molar-refractivity contribution in [3.05, 3.63) is 0 Å². The fraction of sp³-hybridized carbons (Fsp3) is 0.889. The molecule has 14 heavy (non-hydrogen) atoms. The maximum atomic E-state index is 9.80. The summed E-state index contributed by atoms with van der Waals surface area (Å²) in [6.07, 6.45) is -0.106. The zero-order valence-electron chi connectivity index (χ0n) is 8.96. The molecule has 0 spiro atoms. The van der Waals surface area contributed by atoms with Crippen LogP contribution in [-0.2, 0) is 9.47 Å². The first kappa shape index (κ1) is 13.7. The van der Waals surface area contributed by atoms with Crippen LogP contribution in [0.2, 0.25) is 0 Å². The number of morpholine rings is 1. The summed E-state index contributed by atoms with van der Waals surface area (Å²) < 4.78 is 9.47. The average Bonchev–Trinajstić information content (AvgIpc) is 2.03. The van der Waals surface area contributed by atoms with Crippen LogP contribution in [0.15, 0.2) is 0 Å². The van der Waals surface area contributed by atoms with E-state index < -0.39 is 5.43 Å². The van der Waals surface area contributed by atoms with Crippen LogP contribution in [-0.4, -0.2) is 49.8 Å². The SMILES string of the molecule is CC(C)OC(=O)Cl.CN1CCOCC1. The summed E-state index contributed by atoms with van der Waals surface area (Å²) in [5.41, 5.74) is -0.741. The second-order valence-electron chi connectivity index (χ2n) is 3.32. The van der Waals surface area contributed by atoms with Gasteiger partial charge < -0.3 is 14.4 Å². The maximum Gasteiger partial charge on any atom is 0.404 e. The number of hydrogen-bond donors (Lipinski definition) is 0. The zero-order valence-corrected chi connectivity index (χ0v) is 9.71. The smallest absolute Gasteiger partial charge is 0.404 e. The van der Waals surface area contributed by atoms with Crippen molar-refractivity contribution in [3.63, 3.8) is 0 Å². The topological polar surface area (TPSA) is 38.8 Å². The first-order chi connectivity index (χ1) is 6.52. The van der Waals surface area contributed by atoms with Gasteiger partial charge in [0.1, 0.15) is 0 Å². The van der Waals surface area contributed by atoms with Crippen LogP contribution >= 0.6 is 11.6 Å². The average molecular weight is 224 g/mol. The summed E-state index contributed by atoms with van der Waals surface area (Å²) in [4.78, 5) is 12.1. The van der Waals surface area contributed by atoms with Crippen LogP contribution in [0.5, 0.6) is 0 Å². The standard InChI is InChI=1S/C5H11NO.C4H7ClO2/c1-6-2-4-7-5-3-6;1-3(2)7-4(5)6/h2-5H2,1H3;3H,1-2H3. The number of hydrogen-bond acceptors (Lipinski definition) is 4. The van der Waals surface area contributed by atoms with E-state index in [0.29, 0.717) is 0 Å². The van der Waals surface area contributed by atoms with E-state index in [4.69, 9.17) is 16.3 Å². The molecule has 0 aromatic heterocycles. The van der Waals surface area contributed by atoms with Crippen molar-refractivity contribution in [2.75, 3.05) is 33.4 Å². The monoisotopic (exact) mass is 223 g/mol. The van der Waals surface area contributed by atoms with Gasteiger partial charge in [0.2, 0.25) is 0 Å². The van der Waals surface area contributed by atoms with Crippen LogP contribution in [0.4, 0.5) is 4.79 Å². The second kappa shape index (κ2) is 8.03. The third-order valence-corrected chi connectivity index (χ3v) is 1.65. The minimum Gasteiger partial charge on any atom is -0.451 e. The second-order valence-corrected chi connectivity index (χ2v) is 3.63. The van der Waals surface area contributed by atoms with Gasteiger partial charge in [-0.3, -0.25) is 0 Å². The van der Waals surface area contributed by atoms with Crippen LogP contribution < -0.4 is 0 Å². The number of carbonyl (C=O) groups is 1. The van der Waals surface area contributed by atoms with Gasteiger partial charge >= 0.3 is 5.43 Å². The predicted octanol–water partition coefficient (Wildman–Crippen LogP) is 1.72. The summed E-state index contributed by atoms with van der Waals surface area (Å²) in [6.45, 7) is 7.49. The van der Waals surface area contributed by atoms with Crippen molar-refractivity contribution in [2.24, 2.45) is 0 Å². The van der Waals surface area contributed by atoms with Gasteiger partial charge in [-0.05, 0) is 20.9 Å². The van der Waals surface area contributed by atoms with Crippen molar-refractivity contribution in [3.8, 4) is 0 Å². The number of nitrogens with zero attached hydrogens (tertiary/aromatic N) is 1. The van der Waals surface area contributed by atoms with Gasteiger partial charge in [-0.1, -0.05) is 0 Å². The molecule has 0 N–H and O–H groups in total. The van der Waals surface area contributed by atoms with E-state index in [-0.39, 0.29) is 6.10 Å². The fourth-order valence-corrected chi connectivity index (χ4v) is 1.02. The van der Waals surface area contributed by atoms with Crippen molar-refractivity contribution >= 4 is 17.0 Å². The molecule has 0 atom stereocenters. The minimum atomic E-state index is -0.741. The normalized spacial score (nSPS) is 17.2. The van der Waals surface area contributed by atoms with Crippen molar-refractivity contribution in [1.29, 1.82) is 0 Å². The van der Waals surface area contributed by atoms with Gasteiger partial charge in [0.05, 0.1) is 19.3 Å². The minimum absolute atomic E-state index is 0.106.